The molecule has 0 saturated heterocycles. The normalized spacial score (nSPS) is 29.7. The van der Waals surface area contributed by atoms with Gasteiger partial charge in [0.1, 0.15) is 0 Å². The Hall–Kier alpha value is -0.990. The largest absolute Gasteiger partial charge is 0.324 e. The molecule has 112 valence electrons. The maximum Gasteiger partial charge on any atom is 0.234 e. The Bertz CT molecular complexity index is 638. The predicted octanol–water partition coefficient (Wildman–Crippen LogP) is 5.31. The Labute approximate surface area is 135 Å². The number of carbonyl (C=O) groups excluding carboxylic acids is 1. The van der Waals surface area contributed by atoms with E-state index in [2.05, 4.69) is 25.7 Å². The van der Waals surface area contributed by atoms with Crippen molar-refractivity contribution in [1.82, 2.24) is 0 Å². The molecule has 2 aliphatic carbocycles. The standard InChI is InChI=1S/C17H19Cl2NO/c1-10-16(2,3)11-6-7-17(10,9-11)15(21)20-14-5-4-12(18)8-13(14)19/h4-5,8,11H,1,6-7,9H2,2-3H3,(H,20,21). The first-order valence-corrected chi connectivity index (χ1v) is 7.99. The monoisotopic (exact) mass is 323 g/mol. The number of hydrogen-bond donors (Lipinski definition) is 1. The first-order chi connectivity index (χ1) is 9.77. The molecular formula is C17H19Cl2NO. The van der Waals surface area contributed by atoms with Crippen molar-refractivity contribution in [3.05, 3.63) is 40.4 Å². The average Bonchev–Trinajstić information content (AvgIpc) is 2.93. The fourth-order valence-electron chi connectivity index (χ4n) is 3.97. The van der Waals surface area contributed by atoms with Crippen molar-refractivity contribution in [2.24, 2.45) is 16.7 Å². The van der Waals surface area contributed by atoms with Crippen LogP contribution in [0.25, 0.3) is 0 Å². The topological polar surface area (TPSA) is 29.1 Å². The minimum Gasteiger partial charge on any atom is -0.324 e. The maximum atomic E-state index is 12.9. The maximum absolute atomic E-state index is 12.9. The fourth-order valence-corrected chi connectivity index (χ4v) is 4.43. The van der Waals surface area contributed by atoms with Crippen molar-refractivity contribution in [3.8, 4) is 0 Å². The lowest BCUT2D eigenvalue weighted by atomic mass is 9.68. The van der Waals surface area contributed by atoms with Crippen LogP contribution >= 0.6 is 23.2 Å². The molecule has 2 atom stereocenters. The van der Waals surface area contributed by atoms with Gasteiger partial charge < -0.3 is 5.32 Å². The van der Waals surface area contributed by atoms with Gasteiger partial charge in [-0.15, -0.1) is 0 Å². The van der Waals surface area contributed by atoms with Crippen LogP contribution in [0.2, 0.25) is 10.0 Å². The molecule has 2 fully saturated rings. The number of halogens is 2. The van der Waals surface area contributed by atoms with Gasteiger partial charge >= 0.3 is 0 Å². The quantitative estimate of drug-likeness (QED) is 0.734. The predicted molar refractivity (Wildman–Crippen MR) is 87.8 cm³/mol. The molecule has 2 unspecified atom stereocenters. The molecule has 3 rings (SSSR count). The zero-order chi connectivity index (χ0) is 15.4. The van der Waals surface area contributed by atoms with Gasteiger partial charge in [-0.1, -0.05) is 49.2 Å². The number of fused-ring (bicyclic) bond motifs is 2. The van der Waals surface area contributed by atoms with E-state index in [0.717, 1.165) is 24.8 Å². The second-order valence-electron chi connectivity index (χ2n) is 6.80. The van der Waals surface area contributed by atoms with Crippen molar-refractivity contribution in [2.75, 3.05) is 5.32 Å². The lowest BCUT2D eigenvalue weighted by Gasteiger charge is -2.37. The molecule has 1 aromatic carbocycles. The highest BCUT2D eigenvalue weighted by molar-refractivity contribution is 6.36. The summed E-state index contributed by atoms with van der Waals surface area (Å²) in [5.74, 6) is 0.571. The Balaban J connectivity index is 1.88. The van der Waals surface area contributed by atoms with Crippen molar-refractivity contribution >= 4 is 34.8 Å². The van der Waals surface area contributed by atoms with Crippen molar-refractivity contribution in [1.29, 1.82) is 0 Å². The average molecular weight is 324 g/mol. The second kappa shape index (κ2) is 4.76. The minimum absolute atomic E-state index is 0.0183. The first-order valence-electron chi connectivity index (χ1n) is 7.24. The SMILES string of the molecule is C=C1C2(C(=O)Nc3ccc(Cl)cc3Cl)CCC(C2)C1(C)C. The van der Waals surface area contributed by atoms with Crippen LogP contribution in [0.3, 0.4) is 0 Å². The molecule has 0 aliphatic heterocycles. The van der Waals surface area contributed by atoms with Gasteiger partial charge in [-0.3, -0.25) is 4.79 Å². The van der Waals surface area contributed by atoms with E-state index in [9.17, 15) is 4.79 Å². The Morgan fingerprint density at radius 1 is 1.38 bits per heavy atom. The van der Waals surface area contributed by atoms with Crippen LogP contribution < -0.4 is 5.32 Å². The lowest BCUT2D eigenvalue weighted by molar-refractivity contribution is -0.123. The van der Waals surface area contributed by atoms with Crippen LogP contribution in [0.1, 0.15) is 33.1 Å². The molecular weight excluding hydrogens is 305 g/mol. The number of amides is 1. The van der Waals surface area contributed by atoms with E-state index < -0.39 is 5.41 Å². The van der Waals surface area contributed by atoms with Gasteiger partial charge in [0.05, 0.1) is 16.1 Å². The van der Waals surface area contributed by atoms with Gasteiger partial charge in [-0.05, 0) is 48.8 Å². The smallest absolute Gasteiger partial charge is 0.234 e. The van der Waals surface area contributed by atoms with Crippen LogP contribution in [0, 0.1) is 16.7 Å². The summed E-state index contributed by atoms with van der Waals surface area (Å²) < 4.78 is 0. The van der Waals surface area contributed by atoms with Gasteiger partial charge in [0.25, 0.3) is 0 Å². The van der Waals surface area contributed by atoms with Crippen LogP contribution in [-0.4, -0.2) is 5.91 Å². The lowest BCUT2D eigenvalue weighted by Crippen LogP contribution is -2.37. The van der Waals surface area contributed by atoms with Crippen molar-refractivity contribution in [3.63, 3.8) is 0 Å². The van der Waals surface area contributed by atoms with Gasteiger partial charge in [-0.25, -0.2) is 0 Å². The molecule has 1 aromatic rings. The van der Waals surface area contributed by atoms with Crippen LogP contribution in [-0.2, 0) is 4.79 Å². The van der Waals surface area contributed by atoms with E-state index in [4.69, 9.17) is 23.2 Å². The summed E-state index contributed by atoms with van der Waals surface area (Å²) in [5, 5.41) is 4.00. The third-order valence-electron chi connectivity index (χ3n) is 5.50. The summed E-state index contributed by atoms with van der Waals surface area (Å²) in [4.78, 5) is 12.9. The molecule has 0 spiro atoms. The molecule has 2 aliphatic rings. The molecule has 2 saturated carbocycles. The summed E-state index contributed by atoms with van der Waals surface area (Å²) in [7, 11) is 0. The highest BCUT2D eigenvalue weighted by Gasteiger charge is 2.60. The first kappa shape index (κ1) is 14.9. The molecule has 0 aromatic heterocycles. The Morgan fingerprint density at radius 2 is 2.10 bits per heavy atom. The number of anilines is 1. The number of carbonyl (C=O) groups is 1. The van der Waals surface area contributed by atoms with Crippen LogP contribution in [0.15, 0.2) is 30.4 Å². The van der Waals surface area contributed by atoms with E-state index in [-0.39, 0.29) is 11.3 Å². The third kappa shape index (κ3) is 2.11. The Morgan fingerprint density at radius 3 is 2.67 bits per heavy atom. The summed E-state index contributed by atoms with van der Waals surface area (Å²) >= 11 is 12.0. The van der Waals surface area contributed by atoms with Gasteiger partial charge in [-0.2, -0.15) is 0 Å². The fraction of sp³-hybridized carbons (Fsp3) is 0.471. The summed E-state index contributed by atoms with van der Waals surface area (Å²) in [5.41, 5.74) is 1.28. The minimum atomic E-state index is -0.433. The highest BCUT2D eigenvalue weighted by Crippen LogP contribution is 2.65. The molecule has 0 radical (unpaired) electrons. The summed E-state index contributed by atoms with van der Waals surface area (Å²) in [6.07, 6.45) is 2.88. The van der Waals surface area contributed by atoms with E-state index in [1.54, 1.807) is 18.2 Å². The van der Waals surface area contributed by atoms with Crippen LogP contribution in [0.5, 0.6) is 0 Å². The molecule has 1 amide bonds. The number of rotatable bonds is 2. The van der Waals surface area contributed by atoms with Crippen molar-refractivity contribution in [2.45, 2.75) is 33.1 Å². The zero-order valence-corrected chi connectivity index (χ0v) is 13.8. The van der Waals surface area contributed by atoms with E-state index in [1.165, 1.54) is 0 Å². The molecule has 4 heteroatoms. The molecule has 1 N–H and O–H groups in total. The summed E-state index contributed by atoms with van der Waals surface area (Å²) in [6.45, 7) is 8.64. The summed E-state index contributed by atoms with van der Waals surface area (Å²) in [6, 6.07) is 5.11. The highest BCUT2D eigenvalue weighted by atomic mass is 35.5. The van der Waals surface area contributed by atoms with E-state index in [0.29, 0.717) is 21.7 Å². The Kier molecular flexibility index (Phi) is 3.38. The number of benzene rings is 1. The zero-order valence-electron chi connectivity index (χ0n) is 12.3. The van der Waals surface area contributed by atoms with E-state index >= 15 is 0 Å². The van der Waals surface area contributed by atoms with Gasteiger partial charge in [0.2, 0.25) is 5.91 Å². The van der Waals surface area contributed by atoms with E-state index in [1.807, 2.05) is 0 Å². The molecule has 0 heterocycles. The van der Waals surface area contributed by atoms with Gasteiger partial charge in [0, 0.05) is 5.02 Å². The number of hydrogen-bond acceptors (Lipinski definition) is 1. The molecule has 2 bridgehead atoms. The molecule has 2 nitrogen and oxygen atoms in total. The van der Waals surface area contributed by atoms with Crippen LogP contribution in [0.4, 0.5) is 5.69 Å². The third-order valence-corrected chi connectivity index (χ3v) is 6.05. The molecule has 21 heavy (non-hydrogen) atoms. The number of nitrogens with one attached hydrogen (secondary N) is 1. The second-order valence-corrected chi connectivity index (χ2v) is 7.64. The van der Waals surface area contributed by atoms with Crippen molar-refractivity contribution < 1.29 is 4.79 Å². The van der Waals surface area contributed by atoms with Gasteiger partial charge in [0.15, 0.2) is 0 Å².